The highest BCUT2D eigenvalue weighted by Crippen LogP contribution is 2.68. The van der Waals surface area contributed by atoms with Crippen LogP contribution in [0.15, 0.2) is 0 Å². The average Bonchev–Trinajstić information content (AvgIpc) is 3.17. The zero-order valence-corrected chi connectivity index (χ0v) is 21.9. The first-order chi connectivity index (χ1) is 16.6. The first-order valence-electron chi connectivity index (χ1n) is 14.2. The van der Waals surface area contributed by atoms with Crippen LogP contribution in [0.25, 0.3) is 0 Å². The van der Waals surface area contributed by atoms with Crippen molar-refractivity contribution in [2.45, 2.75) is 116 Å². The van der Waals surface area contributed by atoms with Crippen LogP contribution in [0, 0.1) is 46.3 Å². The van der Waals surface area contributed by atoms with Gasteiger partial charge in [-0.25, -0.2) is 0 Å². The lowest BCUT2D eigenvalue weighted by molar-refractivity contribution is -0.137. The van der Waals surface area contributed by atoms with Crippen molar-refractivity contribution < 1.29 is 24.6 Å². The molecule has 0 saturated heterocycles. The van der Waals surface area contributed by atoms with Crippen LogP contribution >= 0.6 is 0 Å². The number of rotatable bonds is 9. The van der Waals surface area contributed by atoms with Crippen LogP contribution in [0.1, 0.15) is 104 Å². The van der Waals surface area contributed by atoms with E-state index in [0.717, 1.165) is 37.0 Å². The van der Waals surface area contributed by atoms with Gasteiger partial charge in [0, 0.05) is 12.8 Å². The molecule has 1 unspecified atom stereocenters. The van der Waals surface area contributed by atoms with E-state index in [-0.39, 0.29) is 24.9 Å². The van der Waals surface area contributed by atoms with Gasteiger partial charge in [0.05, 0.1) is 12.1 Å². The van der Waals surface area contributed by atoms with Crippen molar-refractivity contribution in [2.75, 3.05) is 0 Å². The summed E-state index contributed by atoms with van der Waals surface area (Å²) in [7, 11) is 0. The number of hydrogen-bond acceptors (Lipinski definition) is 4. The van der Waals surface area contributed by atoms with E-state index < -0.39 is 12.0 Å². The second-order valence-electron chi connectivity index (χ2n) is 13.0. The van der Waals surface area contributed by atoms with Gasteiger partial charge in [0.1, 0.15) is 0 Å². The minimum atomic E-state index is -0.976. The minimum Gasteiger partial charge on any atom is -0.481 e. The van der Waals surface area contributed by atoms with E-state index in [2.05, 4.69) is 26.1 Å². The van der Waals surface area contributed by atoms with Gasteiger partial charge in [0.25, 0.3) is 0 Å². The summed E-state index contributed by atoms with van der Waals surface area (Å²) in [5, 5.41) is 21.7. The Kier molecular flexibility index (Phi) is 8.00. The second-order valence-corrected chi connectivity index (χ2v) is 13.0. The molecule has 35 heavy (non-hydrogen) atoms. The number of carboxylic acids is 1. The number of aliphatic hydroxyl groups excluding tert-OH is 1. The van der Waals surface area contributed by atoms with Crippen molar-refractivity contribution in [3.63, 3.8) is 0 Å². The Balaban J connectivity index is 1.34. The molecule has 0 aromatic rings. The number of amides is 1. The Bertz CT molecular complexity index is 800. The summed E-state index contributed by atoms with van der Waals surface area (Å²) >= 11 is 0. The first kappa shape index (κ1) is 26.6. The fourth-order valence-corrected chi connectivity index (χ4v) is 9.47. The smallest absolute Gasteiger partial charge is 0.303 e. The van der Waals surface area contributed by atoms with E-state index in [1.807, 2.05) is 0 Å². The van der Waals surface area contributed by atoms with Crippen LogP contribution < -0.4 is 5.32 Å². The Morgan fingerprint density at radius 2 is 1.69 bits per heavy atom. The number of aliphatic hydroxyl groups is 1. The monoisotopic (exact) mass is 488 g/mol. The topological polar surface area (TPSA) is 104 Å². The highest BCUT2D eigenvalue weighted by Gasteiger charge is 2.60. The van der Waals surface area contributed by atoms with E-state index in [0.29, 0.717) is 35.0 Å². The molecule has 0 aliphatic heterocycles. The van der Waals surface area contributed by atoms with Crippen molar-refractivity contribution in [3.05, 3.63) is 0 Å². The highest BCUT2D eigenvalue weighted by atomic mass is 16.4. The Morgan fingerprint density at radius 3 is 2.40 bits per heavy atom. The standard InChI is InChI=1S/C29H46NO5/c1-18(4-10-26(33)30-20(17-31)6-11-27(34)35)23-8-9-24-22-7-5-19-16-21(32)12-14-28(19,2)25(22)13-15-29(23,24)3/h18-25,32H,4-16H2,1-3H3,(H,30,33)(H,34,35)/t18-,19-,20?,21-,22+,23-,24+,25+,28+,29-/m1/s1. The van der Waals surface area contributed by atoms with Crippen LogP contribution in [-0.2, 0) is 14.4 Å². The van der Waals surface area contributed by atoms with Gasteiger partial charge in [0.15, 0.2) is 0 Å². The first-order valence-corrected chi connectivity index (χ1v) is 14.2. The third kappa shape index (κ3) is 5.19. The molecule has 3 N–H and O–H groups in total. The summed E-state index contributed by atoms with van der Waals surface area (Å²) in [5.74, 6) is 2.99. The van der Waals surface area contributed by atoms with Gasteiger partial charge in [-0.2, -0.15) is 0 Å². The fraction of sp³-hybridized carbons (Fsp3) is 0.897. The lowest BCUT2D eigenvalue weighted by Gasteiger charge is -2.61. The summed E-state index contributed by atoms with van der Waals surface area (Å²) < 4.78 is 0. The molecule has 0 bridgehead atoms. The number of carbonyl (C=O) groups is 2. The molecule has 10 atom stereocenters. The molecule has 1 amide bonds. The van der Waals surface area contributed by atoms with Gasteiger partial charge < -0.3 is 15.5 Å². The van der Waals surface area contributed by atoms with Crippen molar-refractivity contribution >= 4 is 18.2 Å². The normalized spacial score (nSPS) is 42.2. The zero-order valence-electron chi connectivity index (χ0n) is 21.9. The molecule has 0 aromatic heterocycles. The molecule has 4 aliphatic carbocycles. The van der Waals surface area contributed by atoms with Gasteiger partial charge in [-0.3, -0.25) is 14.4 Å². The lowest BCUT2D eigenvalue weighted by Crippen LogP contribution is -2.54. The molecule has 4 aliphatic rings. The highest BCUT2D eigenvalue weighted by molar-refractivity contribution is 5.80. The van der Waals surface area contributed by atoms with Crippen LogP contribution in [0.3, 0.4) is 0 Å². The summed E-state index contributed by atoms with van der Waals surface area (Å²) in [4.78, 5) is 34.3. The van der Waals surface area contributed by atoms with E-state index in [1.165, 1.54) is 44.9 Å². The molecule has 4 rings (SSSR count). The molecule has 0 aromatic carbocycles. The molecule has 1 radical (unpaired) electrons. The van der Waals surface area contributed by atoms with Crippen molar-refractivity contribution in [2.24, 2.45) is 46.3 Å². The number of carbonyl (C=O) groups excluding carboxylic acids is 2. The third-order valence-corrected chi connectivity index (χ3v) is 11.3. The molecule has 0 heterocycles. The summed E-state index contributed by atoms with van der Waals surface area (Å²) in [6, 6.07) is -0.838. The number of hydrogen-bond donors (Lipinski definition) is 3. The van der Waals surface area contributed by atoms with Gasteiger partial charge in [-0.15, -0.1) is 0 Å². The van der Waals surface area contributed by atoms with Gasteiger partial charge in [-0.1, -0.05) is 20.8 Å². The molecule has 4 saturated carbocycles. The van der Waals surface area contributed by atoms with Crippen LogP contribution in [0.2, 0.25) is 0 Å². The third-order valence-electron chi connectivity index (χ3n) is 11.3. The Labute approximate surface area is 211 Å². The van der Waals surface area contributed by atoms with Crippen molar-refractivity contribution in [1.82, 2.24) is 5.32 Å². The summed E-state index contributed by atoms with van der Waals surface area (Å²) in [6.45, 7) is 7.37. The predicted octanol–water partition coefficient (Wildman–Crippen LogP) is 4.88. The van der Waals surface area contributed by atoms with E-state index in [9.17, 15) is 19.5 Å². The largest absolute Gasteiger partial charge is 0.481 e. The van der Waals surface area contributed by atoms with E-state index in [1.54, 1.807) is 6.29 Å². The molecule has 4 fully saturated rings. The molecule has 197 valence electrons. The average molecular weight is 489 g/mol. The van der Waals surface area contributed by atoms with Crippen molar-refractivity contribution in [1.29, 1.82) is 0 Å². The molecular weight excluding hydrogens is 442 g/mol. The molecule has 0 spiro atoms. The summed E-state index contributed by atoms with van der Waals surface area (Å²) in [6.07, 6.45) is 13.7. The number of nitrogens with one attached hydrogen (secondary N) is 1. The second kappa shape index (κ2) is 10.5. The maximum Gasteiger partial charge on any atom is 0.303 e. The zero-order chi connectivity index (χ0) is 25.4. The van der Waals surface area contributed by atoms with E-state index in [4.69, 9.17) is 5.11 Å². The molecular formula is C29H46NO5. The molecule has 6 nitrogen and oxygen atoms in total. The number of carboxylic acid groups (broad SMARTS) is 1. The maximum atomic E-state index is 12.5. The molecule has 6 heteroatoms. The maximum absolute atomic E-state index is 12.5. The van der Waals surface area contributed by atoms with E-state index >= 15 is 0 Å². The Morgan fingerprint density at radius 1 is 0.971 bits per heavy atom. The lowest BCUT2D eigenvalue weighted by atomic mass is 9.44. The van der Waals surface area contributed by atoms with Crippen LogP contribution in [0.4, 0.5) is 0 Å². The van der Waals surface area contributed by atoms with Gasteiger partial charge >= 0.3 is 5.97 Å². The summed E-state index contributed by atoms with van der Waals surface area (Å²) in [5.41, 5.74) is 0.743. The van der Waals surface area contributed by atoms with Gasteiger partial charge in [-0.05, 0) is 117 Å². The fourth-order valence-electron chi connectivity index (χ4n) is 9.47. The SMILES string of the molecule is C[C@H](CCC(=O)NC([C]=O)CCC(=O)O)[C@H]1CC[C@H]2[C@@H]3CC[C@@H]4C[C@H](O)CC[C@]4(C)[C@H]3CC[C@]12C. The number of fused-ring (bicyclic) bond motifs is 5. The van der Waals surface area contributed by atoms with Crippen LogP contribution in [-0.4, -0.2) is 40.5 Å². The minimum absolute atomic E-state index is 0.0871. The van der Waals surface area contributed by atoms with Gasteiger partial charge in [0.2, 0.25) is 12.2 Å². The quantitative estimate of drug-likeness (QED) is 0.429. The van der Waals surface area contributed by atoms with Crippen molar-refractivity contribution in [3.8, 4) is 0 Å². The predicted molar refractivity (Wildman–Crippen MR) is 134 cm³/mol. The number of aliphatic carboxylic acids is 1. The van der Waals surface area contributed by atoms with Crippen LogP contribution in [0.5, 0.6) is 0 Å². The Hall–Kier alpha value is -1.43.